The predicted octanol–water partition coefficient (Wildman–Crippen LogP) is 4.24. The van der Waals surface area contributed by atoms with Gasteiger partial charge in [0.15, 0.2) is 5.82 Å². The molecule has 28 heavy (non-hydrogen) atoms. The Bertz CT molecular complexity index is 945. The minimum absolute atomic E-state index is 0.204. The van der Waals surface area contributed by atoms with Gasteiger partial charge in [0.2, 0.25) is 0 Å². The first-order valence-electron chi connectivity index (χ1n) is 9.67. The second kappa shape index (κ2) is 8.78. The molecule has 0 amide bonds. The molecule has 2 aromatic heterocycles. The van der Waals surface area contributed by atoms with E-state index >= 15 is 0 Å². The molecule has 0 bridgehead atoms. The molecule has 2 heterocycles. The molecule has 0 spiro atoms. The Labute approximate surface area is 165 Å². The second-order valence-electron chi connectivity index (χ2n) is 7.37. The molecule has 0 fully saturated rings. The van der Waals surface area contributed by atoms with Gasteiger partial charge in [-0.25, -0.2) is 14.5 Å². The highest BCUT2D eigenvalue weighted by Crippen LogP contribution is 2.23. The first-order valence-corrected chi connectivity index (χ1v) is 9.67. The number of carboxylic acid groups (broad SMARTS) is 1. The molecule has 3 rings (SSSR count). The van der Waals surface area contributed by atoms with E-state index in [9.17, 15) is 9.90 Å². The molecule has 1 N–H and O–H groups in total. The molecular weight excluding hydrogens is 352 g/mol. The van der Waals surface area contributed by atoms with Crippen LogP contribution in [0.4, 0.5) is 0 Å². The van der Waals surface area contributed by atoms with E-state index in [4.69, 9.17) is 10.1 Å². The van der Waals surface area contributed by atoms with E-state index in [0.717, 1.165) is 42.0 Å². The normalized spacial score (nSPS) is 11.1. The van der Waals surface area contributed by atoms with Crippen LogP contribution in [-0.4, -0.2) is 30.8 Å². The van der Waals surface area contributed by atoms with Gasteiger partial charge in [-0.15, -0.1) is 0 Å². The maximum absolute atomic E-state index is 11.4. The Morgan fingerprint density at radius 3 is 2.57 bits per heavy atom. The molecule has 0 aliphatic rings. The summed E-state index contributed by atoms with van der Waals surface area (Å²) in [6.45, 7) is 7.14. The maximum atomic E-state index is 11.4. The minimum atomic E-state index is -0.975. The zero-order chi connectivity index (χ0) is 20.1. The third kappa shape index (κ3) is 4.63. The lowest BCUT2D eigenvalue weighted by Crippen LogP contribution is -2.07. The highest BCUT2D eigenvalue weighted by Gasteiger charge is 2.13. The van der Waals surface area contributed by atoms with Crippen molar-refractivity contribution >= 4 is 5.97 Å². The lowest BCUT2D eigenvalue weighted by Gasteiger charge is -2.08. The van der Waals surface area contributed by atoms with Crippen LogP contribution in [0.5, 0.6) is 0 Å². The summed E-state index contributed by atoms with van der Waals surface area (Å²) >= 11 is 0. The lowest BCUT2D eigenvalue weighted by molar-refractivity contribution is 0.0697. The van der Waals surface area contributed by atoms with E-state index in [1.54, 1.807) is 12.3 Å². The summed E-state index contributed by atoms with van der Waals surface area (Å²) in [5.74, 6) is 1.47. The third-order valence-corrected chi connectivity index (χ3v) is 4.51. The minimum Gasteiger partial charge on any atom is -0.478 e. The largest absolute Gasteiger partial charge is 0.478 e. The van der Waals surface area contributed by atoms with Crippen LogP contribution in [0.15, 0.2) is 42.7 Å². The van der Waals surface area contributed by atoms with Gasteiger partial charge < -0.3 is 5.11 Å². The van der Waals surface area contributed by atoms with Crippen LogP contribution in [0.3, 0.4) is 0 Å². The Kier molecular flexibility index (Phi) is 6.19. The molecule has 0 atom stereocenters. The molecule has 0 saturated carbocycles. The van der Waals surface area contributed by atoms with Crippen LogP contribution < -0.4 is 0 Å². The lowest BCUT2D eigenvalue weighted by atomic mass is 10.0. The van der Waals surface area contributed by atoms with Crippen LogP contribution in [0.2, 0.25) is 0 Å². The molecule has 6 nitrogen and oxygen atoms in total. The number of hydrogen-bond donors (Lipinski definition) is 1. The first kappa shape index (κ1) is 19.7. The summed E-state index contributed by atoms with van der Waals surface area (Å²) < 4.78 is 1.99. The molecular formula is C22H26N4O2. The van der Waals surface area contributed by atoms with Gasteiger partial charge in [0, 0.05) is 25.2 Å². The number of rotatable bonds is 8. The average Bonchev–Trinajstić information content (AvgIpc) is 3.03. The molecule has 6 heteroatoms. The zero-order valence-corrected chi connectivity index (χ0v) is 16.6. The van der Waals surface area contributed by atoms with E-state index in [1.807, 2.05) is 28.9 Å². The Morgan fingerprint density at radius 1 is 1.18 bits per heavy atom. The van der Waals surface area contributed by atoms with E-state index in [0.29, 0.717) is 18.0 Å². The SMILES string of the molecule is CCCc1nc(CC(C)C)nn1Cc1ccc(-c2ccncc2C(=O)O)cc1. The predicted molar refractivity (Wildman–Crippen MR) is 108 cm³/mol. The third-order valence-electron chi connectivity index (χ3n) is 4.51. The number of carboxylic acids is 1. The monoisotopic (exact) mass is 378 g/mol. The fourth-order valence-corrected chi connectivity index (χ4v) is 3.19. The Hall–Kier alpha value is -3.02. The molecule has 0 radical (unpaired) electrons. The second-order valence-corrected chi connectivity index (χ2v) is 7.37. The average molecular weight is 378 g/mol. The van der Waals surface area contributed by atoms with Gasteiger partial charge in [-0.1, -0.05) is 45.0 Å². The molecule has 0 unspecified atom stereocenters. The first-order chi connectivity index (χ1) is 13.5. The number of aromatic nitrogens is 4. The van der Waals surface area contributed by atoms with Crippen molar-refractivity contribution in [1.82, 2.24) is 19.7 Å². The summed E-state index contributed by atoms with van der Waals surface area (Å²) in [5.41, 5.74) is 2.83. The van der Waals surface area contributed by atoms with Crippen molar-refractivity contribution < 1.29 is 9.90 Å². The zero-order valence-electron chi connectivity index (χ0n) is 16.6. The standard InChI is InChI=1S/C22H26N4O2/c1-4-5-21-24-20(12-15(2)3)25-26(21)14-16-6-8-17(9-7-16)18-10-11-23-13-19(18)22(27)28/h6-11,13,15H,4-5,12,14H2,1-3H3,(H,27,28). The van der Waals surface area contributed by atoms with E-state index in [1.165, 1.54) is 6.20 Å². The highest BCUT2D eigenvalue weighted by molar-refractivity contribution is 5.95. The van der Waals surface area contributed by atoms with Crippen LogP contribution in [-0.2, 0) is 19.4 Å². The number of hydrogen-bond acceptors (Lipinski definition) is 4. The smallest absolute Gasteiger partial charge is 0.337 e. The Balaban J connectivity index is 1.83. The van der Waals surface area contributed by atoms with Gasteiger partial charge >= 0.3 is 5.97 Å². The number of carbonyl (C=O) groups is 1. The molecule has 0 saturated heterocycles. The summed E-state index contributed by atoms with van der Waals surface area (Å²) in [5, 5.41) is 14.1. The topological polar surface area (TPSA) is 80.9 Å². The van der Waals surface area contributed by atoms with Crippen molar-refractivity contribution in [2.45, 2.75) is 46.6 Å². The molecule has 1 aromatic carbocycles. The van der Waals surface area contributed by atoms with Crippen LogP contribution in [0.1, 0.15) is 54.8 Å². The van der Waals surface area contributed by atoms with Crippen molar-refractivity contribution in [3.8, 4) is 11.1 Å². The van der Waals surface area contributed by atoms with Crippen molar-refractivity contribution in [1.29, 1.82) is 0 Å². The summed E-state index contributed by atoms with van der Waals surface area (Å²) in [4.78, 5) is 20.1. The van der Waals surface area contributed by atoms with E-state index in [2.05, 4.69) is 25.8 Å². The van der Waals surface area contributed by atoms with Crippen molar-refractivity contribution in [3.05, 3.63) is 65.5 Å². The van der Waals surface area contributed by atoms with Gasteiger partial charge in [-0.05, 0) is 35.1 Å². The maximum Gasteiger partial charge on any atom is 0.337 e. The number of benzene rings is 1. The Morgan fingerprint density at radius 2 is 1.93 bits per heavy atom. The van der Waals surface area contributed by atoms with E-state index < -0.39 is 5.97 Å². The van der Waals surface area contributed by atoms with Crippen LogP contribution >= 0.6 is 0 Å². The molecule has 0 aliphatic carbocycles. The summed E-state index contributed by atoms with van der Waals surface area (Å²) in [6.07, 6.45) is 5.80. The van der Waals surface area contributed by atoms with Crippen LogP contribution in [0.25, 0.3) is 11.1 Å². The molecule has 3 aromatic rings. The fraction of sp³-hybridized carbons (Fsp3) is 0.364. The van der Waals surface area contributed by atoms with E-state index in [-0.39, 0.29) is 5.56 Å². The quantitative estimate of drug-likeness (QED) is 0.634. The molecule has 0 aliphatic heterocycles. The fourth-order valence-electron chi connectivity index (χ4n) is 3.19. The van der Waals surface area contributed by atoms with Crippen LogP contribution in [0, 0.1) is 5.92 Å². The number of pyridine rings is 1. The number of aryl methyl sites for hydroxylation is 1. The summed E-state index contributed by atoms with van der Waals surface area (Å²) in [7, 11) is 0. The number of aromatic carboxylic acids is 1. The van der Waals surface area contributed by atoms with Gasteiger partial charge in [0.1, 0.15) is 5.82 Å². The van der Waals surface area contributed by atoms with Crippen molar-refractivity contribution in [2.24, 2.45) is 5.92 Å². The number of nitrogens with zero attached hydrogens (tertiary/aromatic N) is 4. The summed E-state index contributed by atoms with van der Waals surface area (Å²) in [6, 6.07) is 9.65. The molecule has 146 valence electrons. The van der Waals surface area contributed by atoms with Gasteiger partial charge in [0.05, 0.1) is 12.1 Å². The van der Waals surface area contributed by atoms with Gasteiger partial charge in [-0.3, -0.25) is 4.98 Å². The van der Waals surface area contributed by atoms with Gasteiger partial charge in [-0.2, -0.15) is 5.10 Å². The van der Waals surface area contributed by atoms with Gasteiger partial charge in [0.25, 0.3) is 0 Å². The van der Waals surface area contributed by atoms with Crippen molar-refractivity contribution in [2.75, 3.05) is 0 Å². The highest BCUT2D eigenvalue weighted by atomic mass is 16.4. The van der Waals surface area contributed by atoms with Crippen molar-refractivity contribution in [3.63, 3.8) is 0 Å².